The molecule has 23 heavy (non-hydrogen) atoms. The molecule has 0 aliphatic heterocycles. The van der Waals surface area contributed by atoms with Crippen LogP contribution in [0.4, 0.5) is 10.1 Å². The number of oxazole rings is 1. The fourth-order valence-electron chi connectivity index (χ4n) is 1.93. The number of hydrogen-bond donors (Lipinski definition) is 1. The van der Waals surface area contributed by atoms with Crippen LogP contribution in [0, 0.1) is 28.5 Å². The Labute approximate surface area is 130 Å². The van der Waals surface area contributed by atoms with Gasteiger partial charge in [-0.05, 0) is 30.3 Å². The number of benzene rings is 2. The molecule has 0 aliphatic rings. The van der Waals surface area contributed by atoms with Crippen molar-refractivity contribution in [1.29, 1.82) is 10.5 Å². The van der Waals surface area contributed by atoms with Gasteiger partial charge >= 0.3 is 0 Å². The molecule has 0 spiro atoms. The van der Waals surface area contributed by atoms with E-state index in [4.69, 9.17) is 14.9 Å². The Bertz CT molecular complexity index is 978. The number of rotatable bonds is 3. The van der Waals surface area contributed by atoms with Crippen LogP contribution in [0.1, 0.15) is 0 Å². The Morgan fingerprint density at radius 3 is 2.74 bits per heavy atom. The van der Waals surface area contributed by atoms with Crippen molar-refractivity contribution in [3.63, 3.8) is 0 Å². The molecule has 1 aromatic heterocycles. The van der Waals surface area contributed by atoms with Crippen LogP contribution in [-0.4, -0.2) is 10.7 Å². The highest BCUT2D eigenvalue weighted by atomic mass is 19.1. The molecule has 0 saturated heterocycles. The van der Waals surface area contributed by atoms with Gasteiger partial charge in [0.2, 0.25) is 11.6 Å². The van der Waals surface area contributed by atoms with E-state index in [2.05, 4.69) is 15.5 Å². The number of hydrazone groups is 1. The van der Waals surface area contributed by atoms with Crippen molar-refractivity contribution in [3.8, 4) is 23.6 Å². The highest BCUT2D eigenvalue weighted by Gasteiger charge is 2.09. The van der Waals surface area contributed by atoms with Gasteiger partial charge in [0.25, 0.3) is 0 Å². The standard InChI is InChI=1S/C16H8FN5O/c17-11-3-1-2-10(6-11)16-20-14-5-4-12(7-15(14)23-16)21-22-13(8-18)9-19/h1-7,21H. The maximum atomic E-state index is 13.3. The molecule has 3 rings (SSSR count). The molecule has 0 fully saturated rings. The van der Waals surface area contributed by atoms with E-state index in [0.717, 1.165) is 0 Å². The third-order valence-electron chi connectivity index (χ3n) is 2.97. The van der Waals surface area contributed by atoms with E-state index in [0.29, 0.717) is 28.2 Å². The second kappa shape index (κ2) is 5.96. The zero-order valence-electron chi connectivity index (χ0n) is 11.6. The van der Waals surface area contributed by atoms with Crippen LogP contribution in [0.2, 0.25) is 0 Å². The fourth-order valence-corrected chi connectivity index (χ4v) is 1.93. The molecule has 2 aromatic carbocycles. The maximum absolute atomic E-state index is 13.3. The predicted octanol–water partition coefficient (Wildman–Crippen LogP) is 3.45. The Morgan fingerprint density at radius 1 is 1.17 bits per heavy atom. The SMILES string of the molecule is N#CC(C#N)=NNc1ccc2nc(-c3cccc(F)c3)oc2c1. The summed E-state index contributed by atoms with van der Waals surface area (Å²) >= 11 is 0. The van der Waals surface area contributed by atoms with Crippen LogP contribution in [0.5, 0.6) is 0 Å². The molecule has 0 bridgehead atoms. The molecule has 1 N–H and O–H groups in total. The third-order valence-corrected chi connectivity index (χ3v) is 2.97. The van der Waals surface area contributed by atoms with Gasteiger partial charge in [-0.25, -0.2) is 9.37 Å². The van der Waals surface area contributed by atoms with Gasteiger partial charge in [0.1, 0.15) is 23.5 Å². The Kier molecular flexibility index (Phi) is 3.69. The van der Waals surface area contributed by atoms with Crippen molar-refractivity contribution in [2.45, 2.75) is 0 Å². The molecule has 0 atom stereocenters. The van der Waals surface area contributed by atoms with Crippen LogP contribution >= 0.6 is 0 Å². The Morgan fingerprint density at radius 2 is 2.00 bits per heavy atom. The average molecular weight is 305 g/mol. The number of halogens is 1. The van der Waals surface area contributed by atoms with Gasteiger partial charge in [-0.2, -0.15) is 15.6 Å². The summed E-state index contributed by atoms with van der Waals surface area (Å²) in [5.74, 6) is -0.0723. The average Bonchev–Trinajstić information content (AvgIpc) is 2.99. The van der Waals surface area contributed by atoms with E-state index < -0.39 is 0 Å². The highest BCUT2D eigenvalue weighted by molar-refractivity contribution is 6.10. The molecule has 0 amide bonds. The number of nitrogens with zero attached hydrogens (tertiary/aromatic N) is 4. The predicted molar refractivity (Wildman–Crippen MR) is 81.7 cm³/mol. The summed E-state index contributed by atoms with van der Waals surface area (Å²) in [6, 6.07) is 14.2. The smallest absolute Gasteiger partial charge is 0.237 e. The van der Waals surface area contributed by atoms with Crippen molar-refractivity contribution in [2.24, 2.45) is 5.10 Å². The zero-order chi connectivity index (χ0) is 16.2. The lowest BCUT2D eigenvalue weighted by atomic mass is 10.2. The van der Waals surface area contributed by atoms with Crippen LogP contribution in [0.15, 0.2) is 52.0 Å². The molecule has 7 heteroatoms. The molecule has 6 nitrogen and oxygen atoms in total. The van der Waals surface area contributed by atoms with E-state index in [1.165, 1.54) is 12.1 Å². The second-order valence-electron chi connectivity index (χ2n) is 4.51. The number of hydrogen-bond acceptors (Lipinski definition) is 6. The van der Waals surface area contributed by atoms with Crippen LogP contribution in [-0.2, 0) is 0 Å². The van der Waals surface area contributed by atoms with Gasteiger partial charge in [0.15, 0.2) is 5.58 Å². The van der Waals surface area contributed by atoms with Crippen molar-refractivity contribution in [3.05, 3.63) is 48.3 Å². The molecule has 0 aliphatic carbocycles. The second-order valence-corrected chi connectivity index (χ2v) is 4.51. The van der Waals surface area contributed by atoms with Gasteiger partial charge < -0.3 is 4.42 Å². The lowest BCUT2D eigenvalue weighted by molar-refractivity contribution is 0.611. The first-order valence-electron chi connectivity index (χ1n) is 6.50. The normalized spacial score (nSPS) is 9.87. The van der Waals surface area contributed by atoms with E-state index in [-0.39, 0.29) is 11.5 Å². The van der Waals surface area contributed by atoms with E-state index in [1.807, 2.05) is 0 Å². The first kappa shape index (κ1) is 14.2. The third kappa shape index (κ3) is 2.99. The van der Waals surface area contributed by atoms with Crippen molar-refractivity contribution >= 4 is 22.5 Å². The van der Waals surface area contributed by atoms with Gasteiger partial charge in [-0.1, -0.05) is 6.07 Å². The molecule has 1 heterocycles. The van der Waals surface area contributed by atoms with Crippen LogP contribution in [0.25, 0.3) is 22.6 Å². The number of aromatic nitrogens is 1. The first-order chi connectivity index (χ1) is 11.2. The number of nitriles is 2. The monoisotopic (exact) mass is 305 g/mol. The lowest BCUT2D eigenvalue weighted by Gasteiger charge is -1.98. The molecule has 3 aromatic rings. The zero-order valence-corrected chi connectivity index (χ0v) is 11.6. The summed E-state index contributed by atoms with van der Waals surface area (Å²) in [4.78, 5) is 4.29. The van der Waals surface area contributed by atoms with Gasteiger partial charge in [-0.3, -0.25) is 5.43 Å². The summed E-state index contributed by atoms with van der Waals surface area (Å²) in [5.41, 5.74) is 4.43. The summed E-state index contributed by atoms with van der Waals surface area (Å²) in [6.07, 6.45) is 0. The minimum atomic E-state index is -0.373. The van der Waals surface area contributed by atoms with Gasteiger partial charge in [-0.15, -0.1) is 0 Å². The quantitative estimate of drug-likeness (QED) is 0.590. The maximum Gasteiger partial charge on any atom is 0.237 e. The van der Waals surface area contributed by atoms with E-state index in [1.54, 1.807) is 42.5 Å². The van der Waals surface area contributed by atoms with Crippen molar-refractivity contribution in [2.75, 3.05) is 5.43 Å². The summed E-state index contributed by atoms with van der Waals surface area (Å²) in [5, 5.41) is 20.9. The molecule has 0 saturated carbocycles. The molecule has 110 valence electrons. The lowest BCUT2D eigenvalue weighted by Crippen LogP contribution is -1.95. The van der Waals surface area contributed by atoms with Gasteiger partial charge in [0.05, 0.1) is 5.69 Å². The van der Waals surface area contributed by atoms with Crippen LogP contribution < -0.4 is 5.43 Å². The summed E-state index contributed by atoms with van der Waals surface area (Å²) in [7, 11) is 0. The topological polar surface area (TPSA) is 98.0 Å². The number of anilines is 1. The molecular weight excluding hydrogens is 297 g/mol. The summed E-state index contributed by atoms with van der Waals surface area (Å²) in [6.45, 7) is 0. The number of fused-ring (bicyclic) bond motifs is 1. The minimum absolute atomic E-state index is 0.289. The summed E-state index contributed by atoms with van der Waals surface area (Å²) < 4.78 is 18.9. The molecule has 0 radical (unpaired) electrons. The number of nitrogens with one attached hydrogen (secondary N) is 1. The molecule has 0 unspecified atom stereocenters. The highest BCUT2D eigenvalue weighted by Crippen LogP contribution is 2.26. The first-order valence-corrected chi connectivity index (χ1v) is 6.50. The molecular formula is C16H8FN5O. The largest absolute Gasteiger partial charge is 0.436 e. The van der Waals surface area contributed by atoms with Crippen molar-refractivity contribution < 1.29 is 8.81 Å². The Hall–Kier alpha value is -3.71. The van der Waals surface area contributed by atoms with Gasteiger partial charge in [0, 0.05) is 11.6 Å². The minimum Gasteiger partial charge on any atom is -0.436 e. The van der Waals surface area contributed by atoms with Crippen LogP contribution in [0.3, 0.4) is 0 Å². The Balaban J connectivity index is 1.94. The van der Waals surface area contributed by atoms with E-state index >= 15 is 0 Å². The van der Waals surface area contributed by atoms with Crippen molar-refractivity contribution in [1.82, 2.24) is 4.98 Å². The fraction of sp³-hybridized carbons (Fsp3) is 0. The van der Waals surface area contributed by atoms with E-state index in [9.17, 15) is 4.39 Å².